The summed E-state index contributed by atoms with van der Waals surface area (Å²) >= 11 is 0. The van der Waals surface area contributed by atoms with E-state index in [1.807, 2.05) is 0 Å². The first-order chi connectivity index (χ1) is 3.39. The van der Waals surface area contributed by atoms with Crippen LogP contribution in [0.25, 0.3) is 0 Å². The summed E-state index contributed by atoms with van der Waals surface area (Å²) in [7, 11) is 0. The highest BCUT2D eigenvalue weighted by Crippen LogP contribution is 1.99. The van der Waals surface area contributed by atoms with Gasteiger partial charge < -0.3 is 5.11 Å². The van der Waals surface area contributed by atoms with Crippen LogP contribution in [0.4, 0.5) is 0 Å². The van der Waals surface area contributed by atoms with Gasteiger partial charge in [0.05, 0.1) is 0 Å². The Morgan fingerprint density at radius 3 is 2.57 bits per heavy atom. The maximum absolute atomic E-state index is 8.49. The van der Waals surface area contributed by atoms with E-state index in [0.29, 0.717) is 0 Å². The average molecular weight is 91.1 g/mol. The fourth-order valence-electron chi connectivity index (χ4n) is 0.308. The van der Waals surface area contributed by atoms with Crippen molar-refractivity contribution in [2.45, 2.75) is 0 Å². The van der Waals surface area contributed by atoms with Gasteiger partial charge in [-0.15, -0.1) is 0 Å². The van der Waals surface area contributed by atoms with Crippen molar-refractivity contribution in [3.63, 3.8) is 0 Å². The van der Waals surface area contributed by atoms with Gasteiger partial charge in [0.15, 0.2) is 0 Å². The summed E-state index contributed by atoms with van der Waals surface area (Å²) in [6, 6.07) is 10.7. The van der Waals surface area contributed by atoms with Gasteiger partial charge in [0.1, 0.15) is 5.75 Å². The minimum atomic E-state index is 0.0162. The summed E-state index contributed by atoms with van der Waals surface area (Å²) in [6.07, 6.45) is 0. The molecule has 0 saturated heterocycles. The molecular formula is C6H3O. The van der Waals surface area contributed by atoms with Crippen LogP contribution < -0.4 is 0 Å². The second-order valence-electron chi connectivity index (χ2n) is 1.10. The van der Waals surface area contributed by atoms with Crippen LogP contribution in [0.1, 0.15) is 0 Å². The summed E-state index contributed by atoms with van der Waals surface area (Å²) < 4.78 is 0. The first-order valence-electron chi connectivity index (χ1n) is 1.88. The molecule has 0 heterocycles. The Kier molecular flexibility index (Phi) is 0.984. The molecule has 0 bridgehead atoms. The Labute approximate surface area is 42.2 Å². The van der Waals surface area contributed by atoms with Crippen LogP contribution in [-0.2, 0) is 0 Å². The molecule has 0 saturated carbocycles. The van der Waals surface area contributed by atoms with Gasteiger partial charge in [-0.1, -0.05) is 6.07 Å². The highest BCUT2D eigenvalue weighted by Gasteiger charge is 1.77. The second-order valence-corrected chi connectivity index (χ2v) is 1.10. The maximum Gasteiger partial charge on any atom is 0.132 e. The van der Waals surface area contributed by atoms with Crippen molar-refractivity contribution < 1.29 is 5.11 Å². The molecule has 1 heteroatoms. The molecule has 0 spiro atoms. The summed E-state index contributed by atoms with van der Waals surface area (Å²) in [5.74, 6) is 0.0162. The van der Waals surface area contributed by atoms with E-state index in [9.17, 15) is 0 Å². The zero-order valence-electron chi connectivity index (χ0n) is 3.60. The summed E-state index contributed by atoms with van der Waals surface area (Å²) in [4.78, 5) is 0. The van der Waals surface area contributed by atoms with Crippen LogP contribution in [-0.4, -0.2) is 5.11 Å². The maximum atomic E-state index is 8.49. The topological polar surface area (TPSA) is 20.2 Å². The lowest BCUT2D eigenvalue weighted by atomic mass is 10.3. The van der Waals surface area contributed by atoms with Crippen LogP contribution in [0.5, 0.6) is 5.75 Å². The standard InChI is InChI=1S/C6H3O/c7-6-4-2-1-3-5-6/h1-2,7H. The van der Waals surface area contributed by atoms with Crippen molar-refractivity contribution in [2.75, 3.05) is 0 Å². The van der Waals surface area contributed by atoms with E-state index in [2.05, 4.69) is 18.2 Å². The molecule has 0 aliphatic heterocycles. The molecule has 1 nitrogen and oxygen atoms in total. The highest BCUT2D eigenvalue weighted by molar-refractivity contribution is 5.13. The lowest BCUT2D eigenvalue weighted by Gasteiger charge is -1.79. The fourth-order valence-corrected chi connectivity index (χ4v) is 0.308. The van der Waals surface area contributed by atoms with Crippen LogP contribution in [0.2, 0.25) is 0 Å². The molecule has 0 aromatic heterocycles. The minimum absolute atomic E-state index is 0.0162. The Hall–Kier alpha value is -0.980. The molecule has 0 aliphatic rings. The van der Waals surface area contributed by atoms with Gasteiger partial charge >= 0.3 is 0 Å². The fraction of sp³-hybridized carbons (Fsp3) is 0. The first-order valence-corrected chi connectivity index (χ1v) is 1.88. The molecule has 1 aromatic carbocycles. The zero-order chi connectivity index (χ0) is 5.11. The Bertz CT molecular complexity index is 134. The van der Waals surface area contributed by atoms with Gasteiger partial charge in [0, 0.05) is 12.1 Å². The normalized spacial score (nSPS) is 8.57. The van der Waals surface area contributed by atoms with Crippen LogP contribution in [0.15, 0.2) is 12.1 Å². The van der Waals surface area contributed by atoms with Gasteiger partial charge in [0.25, 0.3) is 0 Å². The molecule has 1 rings (SSSR count). The third kappa shape index (κ3) is 0.929. The molecule has 33 valence electrons. The zero-order valence-corrected chi connectivity index (χ0v) is 3.60. The van der Waals surface area contributed by atoms with Gasteiger partial charge in [0.2, 0.25) is 0 Å². The number of benzene rings is 1. The predicted octanol–water partition coefficient (Wildman–Crippen LogP) is 0.793. The molecule has 0 amide bonds. The minimum Gasteiger partial charge on any atom is -0.507 e. The van der Waals surface area contributed by atoms with E-state index in [4.69, 9.17) is 5.11 Å². The van der Waals surface area contributed by atoms with Gasteiger partial charge in [-0.05, 0) is 12.1 Å². The molecule has 1 aromatic rings. The summed E-state index contributed by atoms with van der Waals surface area (Å²) in [6.45, 7) is 0. The van der Waals surface area contributed by atoms with Crippen LogP contribution in [0.3, 0.4) is 0 Å². The second kappa shape index (κ2) is 1.65. The van der Waals surface area contributed by atoms with Gasteiger partial charge in [-0.2, -0.15) is 0 Å². The number of phenolic OH excluding ortho intramolecular Hbond substituents is 1. The molecule has 0 aliphatic carbocycles. The largest absolute Gasteiger partial charge is 0.507 e. The Morgan fingerprint density at radius 1 is 1.43 bits per heavy atom. The third-order valence-electron chi connectivity index (χ3n) is 0.577. The molecule has 0 unspecified atom stereocenters. The van der Waals surface area contributed by atoms with Crippen molar-refractivity contribution >= 4 is 0 Å². The van der Waals surface area contributed by atoms with Crippen molar-refractivity contribution in [3.05, 3.63) is 30.3 Å². The molecule has 1 N–H and O–H groups in total. The average Bonchev–Trinajstić information content (AvgIpc) is 1.69. The van der Waals surface area contributed by atoms with E-state index in [1.54, 1.807) is 12.1 Å². The van der Waals surface area contributed by atoms with Gasteiger partial charge in [-0.3, -0.25) is 0 Å². The first kappa shape index (κ1) is 4.19. The van der Waals surface area contributed by atoms with Crippen LogP contribution >= 0.6 is 0 Å². The number of aromatic hydroxyl groups is 1. The quantitative estimate of drug-likeness (QED) is 0.500. The molecule has 3 radical (unpaired) electrons. The number of hydrogen-bond donors (Lipinski definition) is 1. The highest BCUT2D eigenvalue weighted by atomic mass is 16.3. The van der Waals surface area contributed by atoms with E-state index >= 15 is 0 Å². The molecule has 7 heavy (non-hydrogen) atoms. The van der Waals surface area contributed by atoms with Crippen LogP contribution in [0, 0.1) is 18.2 Å². The smallest absolute Gasteiger partial charge is 0.132 e. The van der Waals surface area contributed by atoms with E-state index < -0.39 is 0 Å². The Balaban J connectivity index is 3.02. The predicted molar refractivity (Wildman–Crippen MR) is 24.6 cm³/mol. The summed E-state index contributed by atoms with van der Waals surface area (Å²) in [5.41, 5.74) is 0. The molecule has 0 atom stereocenters. The monoisotopic (exact) mass is 91.0 g/mol. The van der Waals surface area contributed by atoms with E-state index in [1.165, 1.54) is 0 Å². The van der Waals surface area contributed by atoms with E-state index in [-0.39, 0.29) is 5.75 Å². The lowest BCUT2D eigenvalue weighted by molar-refractivity contribution is 0.473. The number of phenols is 1. The van der Waals surface area contributed by atoms with Crippen molar-refractivity contribution in [1.29, 1.82) is 0 Å². The van der Waals surface area contributed by atoms with Crippen molar-refractivity contribution in [1.82, 2.24) is 0 Å². The number of hydrogen-bond acceptors (Lipinski definition) is 1. The van der Waals surface area contributed by atoms with E-state index in [0.717, 1.165) is 0 Å². The third-order valence-corrected chi connectivity index (χ3v) is 0.577. The SMILES string of the molecule is Oc1[c][c]cc[c]1. The van der Waals surface area contributed by atoms with Crippen molar-refractivity contribution in [3.8, 4) is 5.75 Å². The Morgan fingerprint density at radius 2 is 2.29 bits per heavy atom. The molecular weight excluding hydrogens is 88.1 g/mol. The number of rotatable bonds is 0. The summed E-state index contributed by atoms with van der Waals surface area (Å²) in [5, 5.41) is 8.49. The lowest BCUT2D eigenvalue weighted by Crippen LogP contribution is -1.59. The van der Waals surface area contributed by atoms with Crippen molar-refractivity contribution in [2.24, 2.45) is 0 Å². The molecule has 0 fully saturated rings. The van der Waals surface area contributed by atoms with Gasteiger partial charge in [-0.25, -0.2) is 0 Å².